The van der Waals surface area contributed by atoms with Crippen LogP contribution >= 0.6 is 39.1 Å². The van der Waals surface area contributed by atoms with E-state index < -0.39 is 0 Å². The van der Waals surface area contributed by atoms with E-state index in [9.17, 15) is 0 Å². The number of hydrogen-bond donors (Lipinski definition) is 0. The fourth-order valence-electron chi connectivity index (χ4n) is 2.53. The van der Waals surface area contributed by atoms with E-state index in [4.69, 9.17) is 32.4 Å². The minimum atomic E-state index is 0. The minimum Gasteiger partial charge on any atom is -1.00 e. The Labute approximate surface area is 178 Å². The zero-order valence-electron chi connectivity index (χ0n) is 14.4. The summed E-state index contributed by atoms with van der Waals surface area (Å²) in [7, 11) is 4.45. The highest BCUT2D eigenvalue weighted by molar-refractivity contribution is 9.10. The van der Waals surface area contributed by atoms with E-state index in [1.165, 1.54) is 0 Å². The molecule has 3 nitrogen and oxygen atoms in total. The topological polar surface area (TPSA) is 22.4 Å². The molecule has 0 amide bonds. The number of ether oxygens (including phenoxy) is 1. The Kier molecular flexibility index (Phi) is 9.89. The van der Waals surface area contributed by atoms with Gasteiger partial charge in [0.25, 0.3) is 0 Å². The van der Waals surface area contributed by atoms with Gasteiger partial charge in [-0.15, -0.1) is 0 Å². The SMILES string of the molecule is C[N+](C)(CCCCCOc1ccc(Cl)cc1Cl)Cc1ccc(Br)o1.[Br-]. The van der Waals surface area contributed by atoms with Gasteiger partial charge in [0.15, 0.2) is 10.4 Å². The van der Waals surface area contributed by atoms with Crippen molar-refractivity contribution in [3.05, 3.63) is 50.8 Å². The first-order chi connectivity index (χ1) is 11.4. The number of nitrogens with zero attached hydrogens (tertiary/aromatic N) is 1. The van der Waals surface area contributed by atoms with Crippen LogP contribution < -0.4 is 21.7 Å². The maximum absolute atomic E-state index is 6.08. The lowest BCUT2D eigenvalue weighted by atomic mass is 10.2. The second-order valence-electron chi connectivity index (χ2n) is 6.51. The van der Waals surface area contributed by atoms with E-state index in [0.717, 1.165) is 47.3 Å². The van der Waals surface area contributed by atoms with Gasteiger partial charge in [0.05, 0.1) is 32.3 Å². The standard InChI is InChI=1S/C18H23BrCl2NO2.BrH/c1-22(2,13-15-7-9-18(19)24-15)10-4-3-5-11-23-17-8-6-14(20)12-16(17)21;/h6-9,12H,3-5,10-11,13H2,1-2H3;1H/q+1;/p-1. The third kappa shape index (κ3) is 8.35. The Morgan fingerprint density at radius 2 is 1.84 bits per heavy atom. The number of unbranched alkanes of at least 4 members (excludes halogenated alkanes) is 2. The molecule has 0 bridgehead atoms. The third-order valence-corrected chi connectivity index (χ3v) is 4.73. The normalized spacial score (nSPS) is 11.2. The van der Waals surface area contributed by atoms with Gasteiger partial charge in [-0.2, -0.15) is 0 Å². The first-order valence-electron chi connectivity index (χ1n) is 8.00. The lowest BCUT2D eigenvalue weighted by Gasteiger charge is -2.28. The fourth-order valence-corrected chi connectivity index (χ4v) is 3.33. The van der Waals surface area contributed by atoms with Gasteiger partial charge in [-0.1, -0.05) is 23.2 Å². The molecule has 1 heterocycles. The molecule has 0 aliphatic heterocycles. The molecule has 0 radical (unpaired) electrons. The number of rotatable bonds is 9. The van der Waals surface area contributed by atoms with Crippen LogP contribution in [0.2, 0.25) is 10.0 Å². The van der Waals surface area contributed by atoms with E-state index in [-0.39, 0.29) is 17.0 Å². The summed E-state index contributed by atoms with van der Waals surface area (Å²) >= 11 is 15.3. The predicted molar refractivity (Wildman–Crippen MR) is 103 cm³/mol. The number of halogens is 4. The molecule has 0 fully saturated rings. The average molecular weight is 516 g/mol. The lowest BCUT2D eigenvalue weighted by molar-refractivity contribution is -0.904. The van der Waals surface area contributed by atoms with Crippen LogP contribution in [0.5, 0.6) is 5.75 Å². The van der Waals surface area contributed by atoms with Crippen molar-refractivity contribution in [2.24, 2.45) is 0 Å². The molecule has 2 aromatic rings. The number of benzene rings is 1. The van der Waals surface area contributed by atoms with Gasteiger partial charge in [-0.05, 0) is 65.5 Å². The highest BCUT2D eigenvalue weighted by Gasteiger charge is 2.17. The van der Waals surface area contributed by atoms with Gasteiger partial charge in [0.2, 0.25) is 0 Å². The lowest BCUT2D eigenvalue weighted by Crippen LogP contribution is -3.00. The van der Waals surface area contributed by atoms with Crippen molar-refractivity contribution in [3.63, 3.8) is 0 Å². The van der Waals surface area contributed by atoms with Crippen molar-refractivity contribution in [2.45, 2.75) is 25.8 Å². The Balaban J connectivity index is 0.00000312. The van der Waals surface area contributed by atoms with E-state index >= 15 is 0 Å². The van der Waals surface area contributed by atoms with Gasteiger partial charge in [0.1, 0.15) is 12.3 Å². The largest absolute Gasteiger partial charge is 1.00 e. The summed E-state index contributed by atoms with van der Waals surface area (Å²) in [6.07, 6.45) is 3.27. The first-order valence-corrected chi connectivity index (χ1v) is 9.55. The van der Waals surface area contributed by atoms with E-state index in [1.807, 2.05) is 18.2 Å². The number of hydrogen-bond acceptors (Lipinski definition) is 2. The van der Waals surface area contributed by atoms with Crippen molar-refractivity contribution in [1.82, 2.24) is 0 Å². The molecule has 1 aromatic carbocycles. The molecule has 1 aromatic heterocycles. The molecule has 0 N–H and O–H groups in total. The Hall–Kier alpha value is -0.200. The molecule has 0 saturated carbocycles. The Bertz CT molecular complexity index is 662. The first kappa shape index (κ1) is 22.8. The van der Waals surface area contributed by atoms with E-state index in [1.54, 1.807) is 12.1 Å². The minimum absolute atomic E-state index is 0. The van der Waals surface area contributed by atoms with Gasteiger partial charge in [-0.3, -0.25) is 0 Å². The van der Waals surface area contributed by atoms with Crippen LogP contribution in [0.1, 0.15) is 25.0 Å². The summed E-state index contributed by atoms with van der Waals surface area (Å²) in [5.74, 6) is 1.70. The Morgan fingerprint density at radius 3 is 2.48 bits per heavy atom. The van der Waals surface area contributed by atoms with E-state index in [2.05, 4.69) is 30.0 Å². The quantitative estimate of drug-likeness (QED) is 0.378. The summed E-state index contributed by atoms with van der Waals surface area (Å²) in [6, 6.07) is 9.26. The molecule has 25 heavy (non-hydrogen) atoms. The molecule has 140 valence electrons. The molecule has 0 aliphatic carbocycles. The van der Waals surface area contributed by atoms with Gasteiger partial charge >= 0.3 is 0 Å². The zero-order chi connectivity index (χ0) is 17.6. The smallest absolute Gasteiger partial charge is 0.169 e. The summed E-state index contributed by atoms with van der Waals surface area (Å²) in [5, 5.41) is 1.18. The molecule has 7 heteroatoms. The number of quaternary nitrogens is 1. The van der Waals surface area contributed by atoms with Crippen LogP contribution in [-0.2, 0) is 6.54 Å². The predicted octanol–water partition coefficient (Wildman–Crippen LogP) is 3.18. The molecule has 2 rings (SSSR count). The number of furan rings is 1. The Morgan fingerprint density at radius 1 is 1.08 bits per heavy atom. The maximum atomic E-state index is 6.08. The van der Waals surface area contributed by atoms with Crippen LogP contribution in [0.25, 0.3) is 0 Å². The molecule has 0 aliphatic rings. The molecule has 0 unspecified atom stereocenters. The van der Waals surface area contributed by atoms with Gasteiger partial charge < -0.3 is 30.6 Å². The highest BCUT2D eigenvalue weighted by atomic mass is 79.9. The van der Waals surface area contributed by atoms with E-state index in [0.29, 0.717) is 22.4 Å². The van der Waals surface area contributed by atoms with Crippen LogP contribution in [0.3, 0.4) is 0 Å². The van der Waals surface area contributed by atoms with Crippen molar-refractivity contribution in [2.75, 3.05) is 27.2 Å². The van der Waals surface area contributed by atoms with Gasteiger partial charge in [-0.25, -0.2) is 0 Å². The highest BCUT2D eigenvalue weighted by Crippen LogP contribution is 2.27. The van der Waals surface area contributed by atoms with Crippen LogP contribution in [0.15, 0.2) is 39.4 Å². The van der Waals surface area contributed by atoms with Crippen LogP contribution in [0.4, 0.5) is 0 Å². The molecule has 0 saturated heterocycles. The summed E-state index contributed by atoms with van der Waals surface area (Å²) < 4.78 is 13.0. The fraction of sp³-hybridized carbons (Fsp3) is 0.444. The molecular weight excluding hydrogens is 493 g/mol. The molecule has 0 spiro atoms. The van der Waals surface area contributed by atoms with Crippen LogP contribution in [0, 0.1) is 0 Å². The second-order valence-corrected chi connectivity index (χ2v) is 8.13. The monoisotopic (exact) mass is 513 g/mol. The second kappa shape index (κ2) is 10.8. The molecule has 0 atom stereocenters. The maximum Gasteiger partial charge on any atom is 0.169 e. The molecular formula is C18H23Br2Cl2NO2. The van der Waals surface area contributed by atoms with Crippen molar-refractivity contribution in [3.8, 4) is 5.75 Å². The van der Waals surface area contributed by atoms with Crippen molar-refractivity contribution < 1.29 is 30.6 Å². The zero-order valence-corrected chi connectivity index (χ0v) is 19.1. The third-order valence-electron chi connectivity index (χ3n) is 3.77. The van der Waals surface area contributed by atoms with Crippen molar-refractivity contribution >= 4 is 39.1 Å². The van der Waals surface area contributed by atoms with Gasteiger partial charge in [0, 0.05) is 5.02 Å². The summed E-state index contributed by atoms with van der Waals surface area (Å²) in [4.78, 5) is 0. The van der Waals surface area contributed by atoms with Crippen LogP contribution in [-0.4, -0.2) is 31.7 Å². The average Bonchev–Trinajstić information content (AvgIpc) is 2.89. The summed E-state index contributed by atoms with van der Waals surface area (Å²) in [6.45, 7) is 2.66. The van der Waals surface area contributed by atoms with Crippen molar-refractivity contribution in [1.29, 1.82) is 0 Å². The summed E-state index contributed by atoms with van der Waals surface area (Å²) in [5.41, 5.74) is 0.